The van der Waals surface area contributed by atoms with E-state index < -0.39 is 0 Å². The SMILES string of the molecule is CCCOc1c(C(C=NC2CNC2)=CN)ccc2c1CC[C@H](C)N2C(=O)C1CC1. The first-order valence-electron chi connectivity index (χ1n) is 10.9. The van der Waals surface area contributed by atoms with Crippen LogP contribution in [0.25, 0.3) is 5.57 Å². The number of ether oxygens (including phenoxy) is 1. The second kappa shape index (κ2) is 8.57. The van der Waals surface area contributed by atoms with Gasteiger partial charge in [0, 0.05) is 54.2 Å². The van der Waals surface area contributed by atoms with Crippen LogP contribution >= 0.6 is 0 Å². The maximum atomic E-state index is 13.0. The Labute approximate surface area is 173 Å². The fourth-order valence-electron chi connectivity index (χ4n) is 4.03. The van der Waals surface area contributed by atoms with E-state index in [9.17, 15) is 4.79 Å². The molecule has 3 N–H and O–H groups in total. The average Bonchev–Trinajstić information content (AvgIpc) is 3.53. The van der Waals surface area contributed by atoms with Crippen LogP contribution in [0, 0.1) is 5.92 Å². The predicted octanol–water partition coefficient (Wildman–Crippen LogP) is 2.90. The smallest absolute Gasteiger partial charge is 0.230 e. The molecule has 2 fully saturated rings. The van der Waals surface area contributed by atoms with E-state index in [-0.39, 0.29) is 17.9 Å². The Hall–Kier alpha value is -2.34. The molecule has 0 unspecified atom stereocenters. The molecule has 1 saturated carbocycles. The number of nitrogens with zero attached hydrogens (tertiary/aromatic N) is 2. The summed E-state index contributed by atoms with van der Waals surface area (Å²) < 4.78 is 6.25. The van der Waals surface area contributed by atoms with E-state index in [1.165, 1.54) is 0 Å². The molecule has 3 aliphatic rings. The summed E-state index contributed by atoms with van der Waals surface area (Å²) in [6.45, 7) is 6.71. The van der Waals surface area contributed by atoms with Crippen molar-refractivity contribution in [1.29, 1.82) is 0 Å². The molecular weight excluding hydrogens is 364 g/mol. The molecule has 1 amide bonds. The maximum absolute atomic E-state index is 13.0. The molecule has 1 aromatic rings. The molecule has 156 valence electrons. The molecule has 1 saturated heterocycles. The van der Waals surface area contributed by atoms with Crippen LogP contribution in [0.2, 0.25) is 0 Å². The molecule has 29 heavy (non-hydrogen) atoms. The third-order valence-corrected chi connectivity index (χ3v) is 6.04. The van der Waals surface area contributed by atoms with Gasteiger partial charge in [-0.3, -0.25) is 9.79 Å². The molecule has 6 heteroatoms. The second-order valence-electron chi connectivity index (χ2n) is 8.37. The molecule has 0 bridgehead atoms. The number of carbonyl (C=O) groups excluding carboxylic acids is 1. The maximum Gasteiger partial charge on any atom is 0.230 e. The summed E-state index contributed by atoms with van der Waals surface area (Å²) in [7, 11) is 0. The minimum Gasteiger partial charge on any atom is -0.493 e. The minimum atomic E-state index is 0.200. The molecule has 1 aliphatic carbocycles. The first kappa shape index (κ1) is 20.0. The Morgan fingerprint density at radius 1 is 1.34 bits per heavy atom. The van der Waals surface area contributed by atoms with Crippen LogP contribution in [-0.4, -0.2) is 43.9 Å². The molecule has 4 rings (SSSR count). The Kier molecular flexibility index (Phi) is 5.90. The summed E-state index contributed by atoms with van der Waals surface area (Å²) in [5, 5.41) is 3.23. The summed E-state index contributed by atoms with van der Waals surface area (Å²) in [6, 6.07) is 4.65. The zero-order valence-corrected chi connectivity index (χ0v) is 17.5. The van der Waals surface area contributed by atoms with Crippen molar-refractivity contribution in [3.63, 3.8) is 0 Å². The number of nitrogens with one attached hydrogen (secondary N) is 1. The zero-order valence-electron chi connectivity index (χ0n) is 17.5. The molecule has 2 heterocycles. The summed E-state index contributed by atoms with van der Waals surface area (Å²) in [4.78, 5) is 19.6. The van der Waals surface area contributed by atoms with Crippen LogP contribution in [0.3, 0.4) is 0 Å². The molecular formula is C23H32N4O2. The summed E-state index contributed by atoms with van der Waals surface area (Å²) >= 11 is 0. The van der Waals surface area contributed by atoms with Gasteiger partial charge < -0.3 is 20.7 Å². The van der Waals surface area contributed by atoms with Crippen molar-refractivity contribution < 1.29 is 9.53 Å². The van der Waals surface area contributed by atoms with Crippen LogP contribution in [0.5, 0.6) is 5.75 Å². The lowest BCUT2D eigenvalue weighted by atomic mass is 9.91. The van der Waals surface area contributed by atoms with Gasteiger partial charge >= 0.3 is 0 Å². The van der Waals surface area contributed by atoms with E-state index in [0.29, 0.717) is 12.6 Å². The van der Waals surface area contributed by atoms with Crippen molar-refractivity contribution in [3.05, 3.63) is 29.5 Å². The number of rotatable bonds is 7. The van der Waals surface area contributed by atoms with Crippen molar-refractivity contribution in [3.8, 4) is 5.75 Å². The summed E-state index contributed by atoms with van der Waals surface area (Å²) in [6.07, 6.45) is 8.27. The Morgan fingerprint density at radius 2 is 2.14 bits per heavy atom. The molecule has 1 aromatic carbocycles. The number of amides is 1. The molecule has 2 aliphatic heterocycles. The van der Waals surface area contributed by atoms with Crippen molar-refractivity contribution in [2.75, 3.05) is 24.6 Å². The number of hydrogen-bond acceptors (Lipinski definition) is 5. The molecule has 0 radical (unpaired) electrons. The van der Waals surface area contributed by atoms with E-state index in [1.54, 1.807) is 6.20 Å². The number of nitrogens with two attached hydrogens (primary N) is 1. The first-order valence-corrected chi connectivity index (χ1v) is 10.9. The highest BCUT2D eigenvalue weighted by Gasteiger charge is 2.39. The number of hydrogen-bond donors (Lipinski definition) is 2. The minimum absolute atomic E-state index is 0.200. The standard InChI is InChI=1S/C23H32N4O2/c1-3-10-29-22-19(17(11-24)12-26-18-13-25-14-18)8-9-21-20(22)7-4-15(2)27(21)23(28)16-5-6-16/h8-9,11-12,15-16,18,25H,3-7,10,13-14,24H2,1-2H3/t15-/m0/s1. The molecule has 0 spiro atoms. The molecule has 1 atom stereocenters. The number of benzene rings is 1. The lowest BCUT2D eigenvalue weighted by Crippen LogP contribution is -2.45. The average molecular weight is 397 g/mol. The number of fused-ring (bicyclic) bond motifs is 1. The van der Waals surface area contributed by atoms with Crippen LogP contribution in [-0.2, 0) is 11.2 Å². The van der Waals surface area contributed by atoms with Crippen LogP contribution < -0.4 is 20.7 Å². The van der Waals surface area contributed by atoms with Gasteiger partial charge in [-0.1, -0.05) is 6.92 Å². The van der Waals surface area contributed by atoms with E-state index in [0.717, 1.165) is 73.3 Å². The van der Waals surface area contributed by atoms with E-state index >= 15 is 0 Å². The number of carbonyl (C=O) groups is 1. The van der Waals surface area contributed by atoms with E-state index in [2.05, 4.69) is 30.2 Å². The lowest BCUT2D eigenvalue weighted by molar-refractivity contribution is -0.120. The first-order chi connectivity index (χ1) is 14.1. The fourth-order valence-corrected chi connectivity index (χ4v) is 4.03. The normalized spacial score (nSPS) is 22.5. The van der Waals surface area contributed by atoms with Gasteiger partial charge in [0.05, 0.1) is 18.3 Å². The van der Waals surface area contributed by atoms with Crippen LogP contribution in [0.1, 0.15) is 50.7 Å². The lowest BCUT2D eigenvalue weighted by Gasteiger charge is -2.37. The third kappa shape index (κ3) is 4.04. The van der Waals surface area contributed by atoms with Gasteiger partial charge in [0.15, 0.2) is 0 Å². The van der Waals surface area contributed by atoms with Crippen molar-refractivity contribution >= 4 is 23.4 Å². The topological polar surface area (TPSA) is 80.0 Å². The van der Waals surface area contributed by atoms with E-state index in [1.807, 2.05) is 17.2 Å². The van der Waals surface area contributed by atoms with Gasteiger partial charge in [0.2, 0.25) is 5.91 Å². The Morgan fingerprint density at radius 3 is 2.76 bits per heavy atom. The van der Waals surface area contributed by atoms with Gasteiger partial charge in [0.1, 0.15) is 5.75 Å². The Balaban J connectivity index is 1.72. The van der Waals surface area contributed by atoms with Crippen molar-refractivity contribution in [2.45, 2.75) is 58.0 Å². The van der Waals surface area contributed by atoms with Gasteiger partial charge in [0.25, 0.3) is 0 Å². The molecule has 6 nitrogen and oxygen atoms in total. The Bertz CT molecular complexity index is 824. The highest BCUT2D eigenvalue weighted by molar-refractivity contribution is 6.11. The number of allylic oxidation sites excluding steroid dienone is 1. The van der Waals surface area contributed by atoms with E-state index in [4.69, 9.17) is 10.5 Å². The van der Waals surface area contributed by atoms with Gasteiger partial charge in [-0.2, -0.15) is 0 Å². The van der Waals surface area contributed by atoms with Gasteiger partial charge in [-0.05, 0) is 51.2 Å². The van der Waals surface area contributed by atoms with Gasteiger partial charge in [-0.25, -0.2) is 0 Å². The highest BCUT2D eigenvalue weighted by atomic mass is 16.5. The quantitative estimate of drug-likeness (QED) is 0.695. The van der Waals surface area contributed by atoms with Crippen LogP contribution in [0.4, 0.5) is 5.69 Å². The largest absolute Gasteiger partial charge is 0.493 e. The van der Waals surface area contributed by atoms with Gasteiger partial charge in [-0.15, -0.1) is 0 Å². The number of anilines is 1. The summed E-state index contributed by atoms with van der Waals surface area (Å²) in [5.41, 5.74) is 9.94. The zero-order chi connectivity index (χ0) is 20.4. The van der Waals surface area contributed by atoms with Crippen LogP contribution in [0.15, 0.2) is 23.3 Å². The number of aliphatic imine (C=N–C) groups is 1. The van der Waals surface area contributed by atoms with Crippen molar-refractivity contribution in [1.82, 2.24) is 5.32 Å². The highest BCUT2D eigenvalue weighted by Crippen LogP contribution is 2.43. The summed E-state index contributed by atoms with van der Waals surface area (Å²) in [5.74, 6) is 1.33. The van der Waals surface area contributed by atoms with Crippen molar-refractivity contribution in [2.24, 2.45) is 16.6 Å². The monoisotopic (exact) mass is 396 g/mol. The molecule has 0 aromatic heterocycles. The predicted molar refractivity (Wildman–Crippen MR) is 118 cm³/mol. The second-order valence-corrected chi connectivity index (χ2v) is 8.37. The fraction of sp³-hybridized carbons (Fsp3) is 0.565. The third-order valence-electron chi connectivity index (χ3n) is 6.04.